The van der Waals surface area contributed by atoms with Crippen molar-refractivity contribution in [2.45, 2.75) is 38.9 Å². The molecule has 0 aliphatic carbocycles. The van der Waals surface area contributed by atoms with Crippen molar-refractivity contribution in [3.63, 3.8) is 0 Å². The van der Waals surface area contributed by atoms with Gasteiger partial charge in [0.2, 0.25) is 21.8 Å². The van der Waals surface area contributed by atoms with E-state index in [9.17, 15) is 22.4 Å². The molecule has 3 aromatic rings. The van der Waals surface area contributed by atoms with Crippen LogP contribution in [0.4, 0.5) is 10.1 Å². The topological polar surface area (TPSA) is 86.8 Å². The van der Waals surface area contributed by atoms with Gasteiger partial charge in [0.1, 0.15) is 18.4 Å². The first-order valence-corrected chi connectivity index (χ1v) is 14.7. The van der Waals surface area contributed by atoms with E-state index >= 15 is 0 Å². The average molecular weight is 605 g/mol. The van der Waals surface area contributed by atoms with E-state index < -0.39 is 40.2 Å². The van der Waals surface area contributed by atoms with Crippen molar-refractivity contribution in [3.05, 3.63) is 100 Å². The number of nitrogens with one attached hydrogen (secondary N) is 1. The lowest BCUT2D eigenvalue weighted by molar-refractivity contribution is -0.140. The molecule has 0 spiro atoms. The summed E-state index contributed by atoms with van der Waals surface area (Å²) in [7, 11) is -3.89. The van der Waals surface area contributed by atoms with E-state index in [1.807, 2.05) is 30.3 Å². The minimum atomic E-state index is -3.89. The van der Waals surface area contributed by atoms with Gasteiger partial charge in [0, 0.05) is 29.0 Å². The molecule has 10 heteroatoms. The van der Waals surface area contributed by atoms with Gasteiger partial charge in [0.25, 0.3) is 0 Å². The van der Waals surface area contributed by atoms with Crippen molar-refractivity contribution in [1.29, 1.82) is 0 Å². The molecule has 0 aliphatic heterocycles. The highest BCUT2D eigenvalue weighted by molar-refractivity contribution is 9.10. The summed E-state index contributed by atoms with van der Waals surface area (Å²) in [5.74, 6) is -1.59. The molecule has 0 heterocycles. The zero-order valence-electron chi connectivity index (χ0n) is 21.5. The number of hydrogen-bond donors (Lipinski definition) is 1. The standard InChI is InChI=1S/C28H31BrFN3O4S/c1-20(2)31-28(35)26(17-21-11-5-4-6-12-21)32(18-22-13-7-9-15-24(22)30)27(34)19-33(38(3,36)37)25-16-10-8-14-23(25)29/h4-16,20,26H,17-19H2,1-3H3,(H,31,35)/t26-/m0/s1. The second kappa shape index (κ2) is 13.0. The molecule has 0 radical (unpaired) electrons. The molecule has 1 atom stereocenters. The van der Waals surface area contributed by atoms with E-state index in [1.54, 1.807) is 44.2 Å². The molecule has 1 N–H and O–H groups in total. The zero-order chi connectivity index (χ0) is 27.9. The monoisotopic (exact) mass is 603 g/mol. The molecule has 2 amide bonds. The van der Waals surface area contributed by atoms with E-state index in [-0.39, 0.29) is 30.3 Å². The summed E-state index contributed by atoms with van der Waals surface area (Å²) in [6.45, 7) is 2.82. The van der Waals surface area contributed by atoms with Crippen LogP contribution >= 0.6 is 15.9 Å². The van der Waals surface area contributed by atoms with Crippen molar-refractivity contribution in [2.24, 2.45) is 0 Å². The lowest BCUT2D eigenvalue weighted by Crippen LogP contribution is -2.54. The maximum absolute atomic E-state index is 14.7. The summed E-state index contributed by atoms with van der Waals surface area (Å²) in [5.41, 5.74) is 1.29. The van der Waals surface area contributed by atoms with Gasteiger partial charge in [-0.25, -0.2) is 12.8 Å². The third-order valence-corrected chi connectivity index (χ3v) is 7.60. The van der Waals surface area contributed by atoms with Gasteiger partial charge in [0.05, 0.1) is 11.9 Å². The Morgan fingerprint density at radius 1 is 0.947 bits per heavy atom. The molecule has 0 saturated heterocycles. The Morgan fingerprint density at radius 2 is 1.55 bits per heavy atom. The third-order valence-electron chi connectivity index (χ3n) is 5.80. The van der Waals surface area contributed by atoms with Crippen LogP contribution in [-0.4, -0.2) is 50.0 Å². The van der Waals surface area contributed by atoms with Gasteiger partial charge in [-0.3, -0.25) is 13.9 Å². The molecule has 0 unspecified atom stereocenters. The van der Waals surface area contributed by atoms with E-state index in [2.05, 4.69) is 21.2 Å². The second-order valence-corrected chi connectivity index (χ2v) is 12.0. The molecule has 3 aromatic carbocycles. The first kappa shape index (κ1) is 29.3. The number of anilines is 1. The predicted octanol–water partition coefficient (Wildman–Crippen LogP) is 4.52. The van der Waals surface area contributed by atoms with Crippen molar-refractivity contribution >= 4 is 43.5 Å². The average Bonchev–Trinajstić information content (AvgIpc) is 2.85. The van der Waals surface area contributed by atoms with Crippen LogP contribution in [-0.2, 0) is 32.6 Å². The summed E-state index contributed by atoms with van der Waals surface area (Å²) >= 11 is 3.36. The van der Waals surface area contributed by atoms with Crippen LogP contribution in [0.3, 0.4) is 0 Å². The number of para-hydroxylation sites is 1. The fraction of sp³-hybridized carbons (Fsp3) is 0.286. The molecule has 0 fully saturated rings. The summed E-state index contributed by atoms with van der Waals surface area (Å²) in [6, 6.07) is 20.6. The van der Waals surface area contributed by atoms with Crippen molar-refractivity contribution < 1.29 is 22.4 Å². The van der Waals surface area contributed by atoms with Crippen molar-refractivity contribution in [2.75, 3.05) is 17.1 Å². The largest absolute Gasteiger partial charge is 0.352 e. The first-order valence-electron chi connectivity index (χ1n) is 12.1. The summed E-state index contributed by atoms with van der Waals surface area (Å²) in [6.07, 6.45) is 1.17. The normalized spacial score (nSPS) is 12.2. The Balaban J connectivity index is 2.08. The fourth-order valence-corrected chi connectivity index (χ4v) is 5.47. The maximum atomic E-state index is 14.7. The van der Waals surface area contributed by atoms with Gasteiger partial charge < -0.3 is 10.2 Å². The number of amides is 2. The highest BCUT2D eigenvalue weighted by atomic mass is 79.9. The van der Waals surface area contributed by atoms with Crippen LogP contribution < -0.4 is 9.62 Å². The number of sulfonamides is 1. The number of carbonyl (C=O) groups excluding carboxylic acids is 2. The Hall–Kier alpha value is -3.24. The van der Waals surface area contributed by atoms with Crippen LogP contribution in [0.1, 0.15) is 25.0 Å². The summed E-state index contributed by atoms with van der Waals surface area (Å²) < 4.78 is 41.8. The molecule has 38 heavy (non-hydrogen) atoms. The smallest absolute Gasteiger partial charge is 0.244 e. The minimum absolute atomic E-state index is 0.160. The Morgan fingerprint density at radius 3 is 2.16 bits per heavy atom. The lowest BCUT2D eigenvalue weighted by atomic mass is 10.0. The molecular formula is C28H31BrFN3O4S. The Labute approximate surface area is 231 Å². The van der Waals surface area contributed by atoms with Gasteiger partial charge in [-0.15, -0.1) is 0 Å². The second-order valence-electron chi connectivity index (χ2n) is 9.20. The minimum Gasteiger partial charge on any atom is -0.352 e. The molecule has 3 rings (SSSR count). The number of rotatable bonds is 11. The van der Waals surface area contributed by atoms with Crippen LogP contribution in [0.5, 0.6) is 0 Å². The van der Waals surface area contributed by atoms with Gasteiger partial charge in [-0.05, 0) is 53.5 Å². The van der Waals surface area contributed by atoms with Gasteiger partial charge in [-0.2, -0.15) is 0 Å². The van der Waals surface area contributed by atoms with E-state index in [0.29, 0.717) is 4.47 Å². The molecule has 0 aliphatic rings. The van der Waals surface area contributed by atoms with E-state index in [1.165, 1.54) is 23.1 Å². The Kier molecular flexibility index (Phi) is 10.0. The SMILES string of the molecule is CC(C)NC(=O)[C@H](Cc1ccccc1)N(Cc1ccccc1F)C(=O)CN(c1ccccc1Br)S(C)(=O)=O. The highest BCUT2D eigenvalue weighted by Gasteiger charge is 2.34. The number of carbonyl (C=O) groups is 2. The van der Waals surface area contributed by atoms with Crippen LogP contribution in [0, 0.1) is 5.82 Å². The summed E-state index contributed by atoms with van der Waals surface area (Å²) in [5, 5.41) is 2.86. The molecule has 0 aromatic heterocycles. The molecule has 0 bridgehead atoms. The Bertz CT molecular complexity index is 1370. The number of hydrogen-bond acceptors (Lipinski definition) is 4. The van der Waals surface area contributed by atoms with Gasteiger partial charge in [0.15, 0.2) is 0 Å². The third kappa shape index (κ3) is 7.88. The number of benzene rings is 3. The van der Waals surface area contributed by atoms with Crippen molar-refractivity contribution in [1.82, 2.24) is 10.2 Å². The first-order chi connectivity index (χ1) is 18.0. The maximum Gasteiger partial charge on any atom is 0.244 e. The molecular weight excluding hydrogens is 573 g/mol. The predicted molar refractivity (Wildman–Crippen MR) is 150 cm³/mol. The van der Waals surface area contributed by atoms with Gasteiger partial charge in [-0.1, -0.05) is 60.7 Å². The highest BCUT2D eigenvalue weighted by Crippen LogP contribution is 2.28. The number of halogens is 2. The van der Waals surface area contributed by atoms with Gasteiger partial charge >= 0.3 is 0 Å². The quantitative estimate of drug-likeness (QED) is 0.349. The van der Waals surface area contributed by atoms with E-state index in [0.717, 1.165) is 16.1 Å². The lowest BCUT2D eigenvalue weighted by Gasteiger charge is -2.34. The van der Waals surface area contributed by atoms with Crippen LogP contribution in [0.2, 0.25) is 0 Å². The molecule has 7 nitrogen and oxygen atoms in total. The summed E-state index contributed by atoms with van der Waals surface area (Å²) in [4.78, 5) is 28.6. The number of nitrogens with zero attached hydrogens (tertiary/aromatic N) is 2. The van der Waals surface area contributed by atoms with Crippen LogP contribution in [0.25, 0.3) is 0 Å². The molecule has 202 valence electrons. The molecule has 0 saturated carbocycles. The van der Waals surface area contributed by atoms with Crippen LogP contribution in [0.15, 0.2) is 83.3 Å². The zero-order valence-corrected chi connectivity index (χ0v) is 23.9. The van der Waals surface area contributed by atoms with E-state index in [4.69, 9.17) is 0 Å². The fourth-order valence-electron chi connectivity index (χ4n) is 3.99. The van der Waals surface area contributed by atoms with Crippen molar-refractivity contribution in [3.8, 4) is 0 Å².